The second-order valence-electron chi connectivity index (χ2n) is 8.98. The van der Waals surface area contributed by atoms with Crippen molar-refractivity contribution in [1.82, 2.24) is 0 Å². The van der Waals surface area contributed by atoms with Gasteiger partial charge < -0.3 is 43.8 Å². The average Bonchev–Trinajstić information content (AvgIpc) is 3.48. The number of furan rings is 2. The van der Waals surface area contributed by atoms with Crippen molar-refractivity contribution < 1.29 is 43.8 Å². The molecule has 196 valence electrons. The molecule has 0 aliphatic rings. The molecule has 2 aromatic heterocycles. The van der Waals surface area contributed by atoms with Crippen LogP contribution in [0.2, 0.25) is 0 Å². The molecule has 0 atom stereocenters. The summed E-state index contributed by atoms with van der Waals surface area (Å²) in [6, 6.07) is 16.7. The van der Waals surface area contributed by atoms with E-state index in [1.165, 1.54) is 56.7 Å². The largest absolute Gasteiger partial charge is 0.508 e. The minimum absolute atomic E-state index is 0.0467. The van der Waals surface area contributed by atoms with Crippen LogP contribution in [0.5, 0.6) is 40.2 Å². The van der Waals surface area contributed by atoms with Gasteiger partial charge in [-0.2, -0.15) is 0 Å². The SMILES string of the molecule is COc1cc(-c2oc3c(OC)c4oc(-c5cc(O)cc(O)c5)cc4cc3c2-c2cc(O)cc(O)c2)ccc1O. The lowest BCUT2D eigenvalue weighted by Gasteiger charge is -2.08. The predicted molar refractivity (Wildman–Crippen MR) is 144 cm³/mol. The van der Waals surface area contributed by atoms with Crippen LogP contribution in [0.3, 0.4) is 0 Å². The Balaban J connectivity index is 1.68. The molecule has 0 amide bonds. The van der Waals surface area contributed by atoms with Crippen LogP contribution in [-0.2, 0) is 0 Å². The van der Waals surface area contributed by atoms with Gasteiger partial charge in [-0.15, -0.1) is 0 Å². The quantitative estimate of drug-likeness (QED) is 0.165. The van der Waals surface area contributed by atoms with Gasteiger partial charge in [0.15, 0.2) is 22.7 Å². The summed E-state index contributed by atoms with van der Waals surface area (Å²) in [4.78, 5) is 0. The Labute approximate surface area is 220 Å². The summed E-state index contributed by atoms with van der Waals surface area (Å²) >= 11 is 0. The van der Waals surface area contributed by atoms with Gasteiger partial charge in [-0.1, -0.05) is 0 Å². The van der Waals surface area contributed by atoms with Crippen LogP contribution in [0.15, 0.2) is 75.6 Å². The van der Waals surface area contributed by atoms with Crippen LogP contribution in [0, 0.1) is 0 Å². The molecule has 2 heterocycles. The van der Waals surface area contributed by atoms with Crippen LogP contribution in [0.25, 0.3) is 55.7 Å². The van der Waals surface area contributed by atoms with Gasteiger partial charge in [0.2, 0.25) is 5.75 Å². The summed E-state index contributed by atoms with van der Waals surface area (Å²) in [5, 5.41) is 51.8. The third-order valence-corrected chi connectivity index (χ3v) is 6.44. The zero-order chi connectivity index (χ0) is 27.4. The Bertz CT molecular complexity index is 1850. The molecular weight excluding hydrogens is 504 g/mol. The van der Waals surface area contributed by atoms with E-state index in [9.17, 15) is 25.5 Å². The molecule has 9 nitrogen and oxygen atoms in total. The molecule has 0 saturated heterocycles. The number of hydrogen-bond acceptors (Lipinski definition) is 9. The van der Waals surface area contributed by atoms with Gasteiger partial charge in [-0.05, 0) is 60.2 Å². The van der Waals surface area contributed by atoms with Crippen molar-refractivity contribution in [2.75, 3.05) is 14.2 Å². The first-order chi connectivity index (χ1) is 18.7. The molecule has 9 heteroatoms. The number of hydrogen-bond donors (Lipinski definition) is 5. The van der Waals surface area contributed by atoms with Crippen LogP contribution < -0.4 is 9.47 Å². The molecule has 0 spiro atoms. The molecule has 4 aromatic carbocycles. The number of rotatable bonds is 5. The zero-order valence-electron chi connectivity index (χ0n) is 20.7. The zero-order valence-corrected chi connectivity index (χ0v) is 20.7. The Kier molecular flexibility index (Phi) is 5.43. The van der Waals surface area contributed by atoms with Crippen molar-refractivity contribution in [2.45, 2.75) is 0 Å². The van der Waals surface area contributed by atoms with Crippen molar-refractivity contribution in [3.05, 3.63) is 66.7 Å². The monoisotopic (exact) mass is 526 g/mol. The highest BCUT2D eigenvalue weighted by Gasteiger charge is 2.26. The molecule has 0 fully saturated rings. The number of benzene rings is 4. The molecule has 0 aliphatic heterocycles. The van der Waals surface area contributed by atoms with Crippen molar-refractivity contribution in [1.29, 1.82) is 0 Å². The molecule has 0 radical (unpaired) electrons. The second-order valence-corrected chi connectivity index (χ2v) is 8.98. The first kappa shape index (κ1) is 23.9. The molecule has 5 N–H and O–H groups in total. The smallest absolute Gasteiger partial charge is 0.205 e. The summed E-state index contributed by atoms with van der Waals surface area (Å²) in [5.41, 5.74) is 2.74. The van der Waals surface area contributed by atoms with Crippen molar-refractivity contribution >= 4 is 21.9 Å². The van der Waals surface area contributed by atoms with E-state index in [0.29, 0.717) is 61.5 Å². The molecule has 39 heavy (non-hydrogen) atoms. The lowest BCUT2D eigenvalue weighted by molar-refractivity contribution is 0.373. The number of fused-ring (bicyclic) bond motifs is 2. The molecule has 0 bridgehead atoms. The molecule has 6 aromatic rings. The van der Waals surface area contributed by atoms with E-state index in [0.717, 1.165) is 0 Å². The topological polar surface area (TPSA) is 146 Å². The number of methoxy groups -OCH3 is 2. The maximum atomic E-state index is 10.3. The lowest BCUT2D eigenvalue weighted by Crippen LogP contribution is -1.86. The summed E-state index contributed by atoms with van der Waals surface area (Å²) in [7, 11) is 2.91. The second kappa shape index (κ2) is 8.84. The van der Waals surface area contributed by atoms with E-state index in [1.54, 1.807) is 18.2 Å². The molecular formula is C30H22O9. The first-order valence-electron chi connectivity index (χ1n) is 11.8. The molecule has 0 aliphatic carbocycles. The maximum absolute atomic E-state index is 10.3. The highest BCUT2D eigenvalue weighted by atomic mass is 16.5. The molecule has 0 saturated carbocycles. The van der Waals surface area contributed by atoms with E-state index < -0.39 is 0 Å². The third kappa shape index (κ3) is 3.97. The van der Waals surface area contributed by atoms with Crippen LogP contribution >= 0.6 is 0 Å². The standard InChI is InChI=1S/C30H22O9/c1-36-25-10-14(3-4-23(25)35)27-26(16-7-20(33)13-21(34)8-16)22-9-17-11-24(15-5-18(31)12-19(32)6-15)38-28(17)30(37-2)29(22)39-27/h3-13,31-35H,1-2H3. The fraction of sp³-hybridized carbons (Fsp3) is 0.0667. The van der Waals surface area contributed by atoms with Crippen molar-refractivity contribution in [3.63, 3.8) is 0 Å². The predicted octanol–water partition coefficient (Wildman–Crippen LogP) is 6.73. The van der Waals surface area contributed by atoms with Crippen molar-refractivity contribution in [2.24, 2.45) is 0 Å². The average molecular weight is 526 g/mol. The van der Waals surface area contributed by atoms with Crippen molar-refractivity contribution in [3.8, 4) is 74.0 Å². The van der Waals surface area contributed by atoms with Crippen LogP contribution in [0.4, 0.5) is 0 Å². The van der Waals surface area contributed by atoms with Gasteiger partial charge in [0.25, 0.3) is 0 Å². The van der Waals surface area contributed by atoms with Crippen LogP contribution in [-0.4, -0.2) is 39.8 Å². The Morgan fingerprint density at radius 3 is 1.85 bits per heavy atom. The summed E-state index contributed by atoms with van der Waals surface area (Å²) < 4.78 is 23.5. The minimum Gasteiger partial charge on any atom is -0.508 e. The summed E-state index contributed by atoms with van der Waals surface area (Å²) in [6.45, 7) is 0. The number of aromatic hydroxyl groups is 5. The Morgan fingerprint density at radius 1 is 0.590 bits per heavy atom. The van der Waals surface area contributed by atoms with E-state index in [1.807, 2.05) is 6.07 Å². The maximum Gasteiger partial charge on any atom is 0.205 e. The Hall–Kier alpha value is -5.44. The first-order valence-corrected chi connectivity index (χ1v) is 11.8. The van der Waals surface area contributed by atoms with E-state index in [-0.39, 0.29) is 34.5 Å². The normalized spacial score (nSPS) is 11.3. The molecule has 0 unspecified atom stereocenters. The van der Waals surface area contributed by atoms with Gasteiger partial charge in [0.05, 0.1) is 14.2 Å². The van der Waals surface area contributed by atoms with Gasteiger partial charge in [0, 0.05) is 39.6 Å². The minimum atomic E-state index is -0.143. The van der Waals surface area contributed by atoms with Gasteiger partial charge in [0.1, 0.15) is 34.5 Å². The van der Waals surface area contributed by atoms with Crippen LogP contribution in [0.1, 0.15) is 0 Å². The number of phenols is 5. The summed E-state index contributed by atoms with van der Waals surface area (Å²) in [6.07, 6.45) is 0. The van der Waals surface area contributed by atoms with E-state index in [4.69, 9.17) is 18.3 Å². The molecule has 6 rings (SSSR count). The third-order valence-electron chi connectivity index (χ3n) is 6.44. The number of ether oxygens (including phenoxy) is 2. The van der Waals surface area contributed by atoms with E-state index >= 15 is 0 Å². The Morgan fingerprint density at radius 2 is 1.23 bits per heavy atom. The highest BCUT2D eigenvalue weighted by Crippen LogP contribution is 2.49. The van der Waals surface area contributed by atoms with Gasteiger partial charge in [-0.25, -0.2) is 0 Å². The number of phenolic OH excluding ortho intramolecular Hbond substituents is 5. The fourth-order valence-corrected chi connectivity index (χ4v) is 4.81. The fourth-order valence-electron chi connectivity index (χ4n) is 4.81. The lowest BCUT2D eigenvalue weighted by atomic mass is 9.97. The summed E-state index contributed by atoms with van der Waals surface area (Å²) in [5.74, 6) is 0.705. The van der Waals surface area contributed by atoms with Gasteiger partial charge in [-0.3, -0.25) is 0 Å². The van der Waals surface area contributed by atoms with Gasteiger partial charge >= 0.3 is 0 Å². The van der Waals surface area contributed by atoms with E-state index in [2.05, 4.69) is 0 Å². The highest BCUT2D eigenvalue weighted by molar-refractivity contribution is 6.11.